The zero-order valence-corrected chi connectivity index (χ0v) is 28.4. The maximum absolute atomic E-state index is 2.62. The first-order valence-corrected chi connectivity index (χ1v) is 18.8. The highest BCUT2D eigenvalue weighted by molar-refractivity contribution is 6.11. The molecule has 0 radical (unpaired) electrons. The Labute approximate surface area is 294 Å². The van der Waals surface area contributed by atoms with Crippen LogP contribution in [-0.2, 0) is 19.3 Å². The fraction of sp³-hybridized carbons (Fsp3) is 0.208. The molecule has 242 valence electrons. The van der Waals surface area contributed by atoms with Gasteiger partial charge in [0.15, 0.2) is 0 Å². The van der Waals surface area contributed by atoms with Crippen molar-refractivity contribution in [1.29, 1.82) is 0 Å². The minimum atomic E-state index is 0.344. The summed E-state index contributed by atoms with van der Waals surface area (Å²) in [5, 5.41) is 7.08. The van der Waals surface area contributed by atoms with Gasteiger partial charge in [-0.1, -0.05) is 97.1 Å². The molecule has 50 heavy (non-hydrogen) atoms. The molecule has 2 heterocycles. The quantitative estimate of drug-likeness (QED) is 0.174. The van der Waals surface area contributed by atoms with Crippen LogP contribution < -0.4 is 4.90 Å². The topological polar surface area (TPSA) is 8.17 Å². The monoisotopic (exact) mass is 644 g/mol. The molecule has 1 aliphatic heterocycles. The maximum Gasteiger partial charge on any atom is 0.0626 e. The van der Waals surface area contributed by atoms with Crippen LogP contribution in [0.3, 0.4) is 0 Å². The Morgan fingerprint density at radius 1 is 0.600 bits per heavy atom. The van der Waals surface area contributed by atoms with Crippen LogP contribution in [0, 0.1) is 5.92 Å². The Bertz CT molecular complexity index is 2550. The number of anilines is 1. The van der Waals surface area contributed by atoms with Gasteiger partial charge in [0.2, 0.25) is 0 Å². The average molecular weight is 645 g/mol. The molecule has 0 bridgehead atoms. The van der Waals surface area contributed by atoms with Crippen molar-refractivity contribution in [3.63, 3.8) is 0 Å². The SMILES string of the molecule is C1=CC2C3=C(C=C(c4ccc5c6c(n(-c7ccc8c(c7)c7c(c9ccccc98)CCCC7)c5c4)CCC=C6)CC3)N(c3ccccc3)C2C=C1. The smallest absolute Gasteiger partial charge is 0.0626 e. The van der Waals surface area contributed by atoms with Crippen molar-refractivity contribution >= 4 is 49.8 Å². The molecule has 2 nitrogen and oxygen atoms in total. The molecular formula is C48H40N2. The molecular weight excluding hydrogens is 605 g/mol. The molecule has 2 atom stereocenters. The third-order valence-corrected chi connectivity index (χ3v) is 12.3. The third-order valence-electron chi connectivity index (χ3n) is 12.3. The first-order valence-electron chi connectivity index (χ1n) is 18.8. The van der Waals surface area contributed by atoms with Gasteiger partial charge in [0.25, 0.3) is 0 Å². The molecule has 2 heteroatoms. The van der Waals surface area contributed by atoms with Crippen molar-refractivity contribution < 1.29 is 0 Å². The van der Waals surface area contributed by atoms with Gasteiger partial charge in [-0.15, -0.1) is 0 Å². The van der Waals surface area contributed by atoms with E-state index >= 15 is 0 Å². The van der Waals surface area contributed by atoms with Gasteiger partial charge in [-0.2, -0.15) is 0 Å². The lowest BCUT2D eigenvalue weighted by molar-refractivity contribution is 0.659. The van der Waals surface area contributed by atoms with E-state index in [0.29, 0.717) is 12.0 Å². The van der Waals surface area contributed by atoms with Gasteiger partial charge in [-0.3, -0.25) is 0 Å². The van der Waals surface area contributed by atoms with Crippen LogP contribution in [0.2, 0.25) is 0 Å². The number of para-hydroxylation sites is 1. The van der Waals surface area contributed by atoms with Crippen molar-refractivity contribution in [2.75, 3.05) is 4.90 Å². The van der Waals surface area contributed by atoms with Crippen LogP contribution in [0.25, 0.3) is 49.8 Å². The van der Waals surface area contributed by atoms with Gasteiger partial charge < -0.3 is 9.47 Å². The number of benzene rings is 5. The van der Waals surface area contributed by atoms with E-state index in [0.717, 1.165) is 25.7 Å². The number of fused-ring (bicyclic) bond motifs is 11. The standard InChI is InChI=1S/C48H40N2/c1-2-12-33(13-3-1)49-45-20-10-8-18-40(45)42-25-22-31(28-47(42)49)32-23-26-43-41-19-9-11-21-46(41)50(48(43)29-32)34-24-27-39-37-16-5-4-14-35(37)36-15-6-7-17-38(36)44(39)30-34/h1-5,8-10,12-14,16,18-20,23-24,26-30,40,45H,6-7,11,15,17,21-22,25H2. The summed E-state index contributed by atoms with van der Waals surface area (Å²) in [5.74, 6) is 0.446. The van der Waals surface area contributed by atoms with Gasteiger partial charge >= 0.3 is 0 Å². The summed E-state index contributed by atoms with van der Waals surface area (Å²) in [7, 11) is 0. The first kappa shape index (κ1) is 28.5. The Morgan fingerprint density at radius 3 is 2.28 bits per heavy atom. The van der Waals surface area contributed by atoms with Crippen LogP contribution in [0.15, 0.2) is 139 Å². The van der Waals surface area contributed by atoms with Crippen molar-refractivity contribution in [3.8, 4) is 5.69 Å². The summed E-state index contributed by atoms with van der Waals surface area (Å²) in [6, 6.07) is 35.1. The fourth-order valence-corrected chi connectivity index (χ4v) is 10.1. The minimum absolute atomic E-state index is 0.344. The molecule has 0 fully saturated rings. The number of aromatic nitrogens is 1. The fourth-order valence-electron chi connectivity index (χ4n) is 10.1. The van der Waals surface area contributed by atoms with Gasteiger partial charge in [-0.25, -0.2) is 0 Å². The Morgan fingerprint density at radius 2 is 1.38 bits per heavy atom. The molecule has 0 amide bonds. The molecule has 5 aromatic carbocycles. The van der Waals surface area contributed by atoms with E-state index in [1.54, 1.807) is 16.7 Å². The van der Waals surface area contributed by atoms with Crippen LogP contribution in [0.4, 0.5) is 5.69 Å². The average Bonchev–Trinajstić information content (AvgIpc) is 3.70. The minimum Gasteiger partial charge on any atom is -0.334 e. The summed E-state index contributed by atoms with van der Waals surface area (Å²) in [6.07, 6.45) is 25.8. The van der Waals surface area contributed by atoms with E-state index < -0.39 is 0 Å². The summed E-state index contributed by atoms with van der Waals surface area (Å²) in [4.78, 5) is 2.59. The number of allylic oxidation sites excluding steroid dienone is 5. The van der Waals surface area contributed by atoms with Gasteiger partial charge in [0, 0.05) is 39.6 Å². The lowest BCUT2D eigenvalue weighted by Gasteiger charge is -2.30. The third kappa shape index (κ3) is 4.14. The van der Waals surface area contributed by atoms with E-state index in [4.69, 9.17) is 0 Å². The highest BCUT2D eigenvalue weighted by atomic mass is 15.2. The van der Waals surface area contributed by atoms with Crippen LogP contribution >= 0.6 is 0 Å². The van der Waals surface area contributed by atoms with Crippen molar-refractivity contribution in [2.45, 2.75) is 57.4 Å². The molecule has 6 aromatic rings. The highest BCUT2D eigenvalue weighted by Crippen LogP contribution is 2.48. The molecule has 0 N–H and O–H groups in total. The highest BCUT2D eigenvalue weighted by Gasteiger charge is 2.40. The number of hydrogen-bond donors (Lipinski definition) is 0. The number of nitrogens with zero attached hydrogens (tertiary/aromatic N) is 2. The summed E-state index contributed by atoms with van der Waals surface area (Å²) in [5.41, 5.74) is 15.7. The van der Waals surface area contributed by atoms with E-state index in [-0.39, 0.29) is 0 Å². The second-order valence-corrected chi connectivity index (χ2v) is 14.9. The predicted octanol–water partition coefficient (Wildman–Crippen LogP) is 11.8. The molecule has 0 saturated heterocycles. The van der Waals surface area contributed by atoms with E-state index in [2.05, 4.69) is 143 Å². The van der Waals surface area contributed by atoms with Crippen LogP contribution in [0.5, 0.6) is 0 Å². The maximum atomic E-state index is 2.62. The second kappa shape index (κ2) is 11.1. The Kier molecular flexibility index (Phi) is 6.32. The van der Waals surface area contributed by atoms with E-state index in [9.17, 15) is 0 Å². The molecule has 4 aliphatic carbocycles. The van der Waals surface area contributed by atoms with E-state index in [1.807, 2.05) is 0 Å². The molecule has 5 aliphatic rings. The molecule has 1 aromatic heterocycles. The molecule has 0 spiro atoms. The van der Waals surface area contributed by atoms with E-state index in [1.165, 1.54) is 97.6 Å². The lowest BCUT2D eigenvalue weighted by atomic mass is 9.83. The lowest BCUT2D eigenvalue weighted by Crippen LogP contribution is -2.32. The van der Waals surface area contributed by atoms with Gasteiger partial charge in [0.1, 0.15) is 0 Å². The van der Waals surface area contributed by atoms with Crippen molar-refractivity contribution in [1.82, 2.24) is 4.57 Å². The van der Waals surface area contributed by atoms with Crippen LogP contribution in [-0.4, -0.2) is 10.6 Å². The molecule has 11 rings (SSSR count). The van der Waals surface area contributed by atoms with Gasteiger partial charge in [-0.05, 0) is 137 Å². The number of rotatable bonds is 3. The Hall–Kier alpha value is -5.34. The van der Waals surface area contributed by atoms with Gasteiger partial charge in [0.05, 0.1) is 11.6 Å². The second-order valence-electron chi connectivity index (χ2n) is 14.9. The predicted molar refractivity (Wildman–Crippen MR) is 211 cm³/mol. The van der Waals surface area contributed by atoms with Crippen molar-refractivity contribution in [3.05, 3.63) is 167 Å². The summed E-state index contributed by atoms with van der Waals surface area (Å²) in [6.45, 7) is 0. The largest absolute Gasteiger partial charge is 0.334 e. The summed E-state index contributed by atoms with van der Waals surface area (Å²) < 4.78 is 2.62. The first-order chi connectivity index (χ1) is 24.8. The zero-order chi connectivity index (χ0) is 32.8. The normalized spacial score (nSPS) is 20.7. The van der Waals surface area contributed by atoms with Crippen LogP contribution in [0.1, 0.15) is 60.1 Å². The number of hydrogen-bond acceptors (Lipinski definition) is 1. The number of aryl methyl sites for hydroxylation is 2. The Balaban J connectivity index is 1.09. The van der Waals surface area contributed by atoms with Crippen molar-refractivity contribution in [2.24, 2.45) is 5.92 Å². The molecule has 2 unspecified atom stereocenters. The molecule has 0 saturated carbocycles. The zero-order valence-electron chi connectivity index (χ0n) is 28.4. The summed E-state index contributed by atoms with van der Waals surface area (Å²) >= 11 is 0.